The molecule has 3 saturated carbocycles. The molecular weight excluding hydrogens is 272 g/mol. The Morgan fingerprint density at radius 1 is 1.22 bits per heavy atom. The Hall–Kier alpha value is -0.740. The van der Waals surface area contributed by atoms with E-state index in [0.717, 1.165) is 25.0 Å². The molecule has 1 aromatic carbocycles. The minimum absolute atomic E-state index is 0.0412. The van der Waals surface area contributed by atoms with Crippen LogP contribution in [0, 0.1) is 5.41 Å². The fourth-order valence-electron chi connectivity index (χ4n) is 3.77. The fourth-order valence-corrected chi connectivity index (χ4v) is 5.50. The van der Waals surface area contributed by atoms with Gasteiger partial charge in [-0.2, -0.15) is 0 Å². The summed E-state index contributed by atoms with van der Waals surface area (Å²) in [6.07, 6.45) is 2.83. The van der Waals surface area contributed by atoms with Crippen LogP contribution in [0.4, 0.5) is 0 Å². The molecule has 0 spiro atoms. The van der Waals surface area contributed by atoms with Gasteiger partial charge in [0.05, 0.1) is 12.9 Å². The Bertz CT molecular complexity index is 557. The third kappa shape index (κ3) is 1.82. The van der Waals surface area contributed by atoms with Crippen molar-refractivity contribution in [2.45, 2.75) is 24.7 Å². The molecule has 0 amide bonds. The van der Waals surface area contributed by atoms with Crippen LogP contribution in [0.1, 0.15) is 24.8 Å². The van der Waals surface area contributed by atoms with Crippen molar-refractivity contribution in [3.8, 4) is 5.75 Å². The lowest BCUT2D eigenvalue weighted by Gasteiger charge is -2.71. The summed E-state index contributed by atoms with van der Waals surface area (Å²) in [6.45, 7) is 0. The lowest BCUT2D eigenvalue weighted by Crippen LogP contribution is -2.66. The summed E-state index contributed by atoms with van der Waals surface area (Å²) in [7, 11) is 3.62. The number of hydrogen-bond donors (Lipinski definition) is 0. The van der Waals surface area contributed by atoms with Crippen molar-refractivity contribution >= 4 is 19.7 Å². The Balaban J connectivity index is 1.72. The standard InChI is InChI=1S/C13H15ClO3S/c1-17-11-4-2-10(3-5-11)13-6-12(7-13,8-13)9-18(14,15)16/h2-5H,6-9H2,1H3. The molecule has 0 unspecified atom stereocenters. The van der Waals surface area contributed by atoms with Gasteiger partial charge in [0.1, 0.15) is 5.75 Å². The Morgan fingerprint density at radius 3 is 2.22 bits per heavy atom. The lowest BCUT2D eigenvalue weighted by atomic mass is 9.34. The molecule has 98 valence electrons. The van der Waals surface area contributed by atoms with Crippen molar-refractivity contribution in [1.29, 1.82) is 0 Å². The topological polar surface area (TPSA) is 43.4 Å². The molecular formula is C13H15ClO3S. The van der Waals surface area contributed by atoms with Crippen LogP contribution in [-0.2, 0) is 14.5 Å². The summed E-state index contributed by atoms with van der Waals surface area (Å²) in [5, 5.41) is 0. The van der Waals surface area contributed by atoms with E-state index < -0.39 is 9.05 Å². The minimum atomic E-state index is -3.37. The molecule has 3 fully saturated rings. The van der Waals surface area contributed by atoms with Gasteiger partial charge in [0.2, 0.25) is 9.05 Å². The van der Waals surface area contributed by atoms with Crippen molar-refractivity contribution in [1.82, 2.24) is 0 Å². The average molecular weight is 287 g/mol. The molecule has 0 aromatic heterocycles. The van der Waals surface area contributed by atoms with E-state index in [1.54, 1.807) is 7.11 Å². The fraction of sp³-hybridized carbons (Fsp3) is 0.538. The summed E-state index contributed by atoms with van der Waals surface area (Å²) < 4.78 is 27.4. The number of methoxy groups -OCH3 is 1. The summed E-state index contributed by atoms with van der Waals surface area (Å²) in [6, 6.07) is 8.08. The van der Waals surface area contributed by atoms with Crippen LogP contribution in [0.15, 0.2) is 24.3 Å². The van der Waals surface area contributed by atoms with E-state index in [1.165, 1.54) is 5.56 Å². The number of hydrogen-bond acceptors (Lipinski definition) is 3. The average Bonchev–Trinajstić information content (AvgIpc) is 2.20. The molecule has 3 aliphatic carbocycles. The van der Waals surface area contributed by atoms with Crippen LogP contribution >= 0.6 is 10.7 Å². The van der Waals surface area contributed by atoms with Gasteiger partial charge in [-0.1, -0.05) is 12.1 Å². The molecule has 4 rings (SSSR count). The first-order chi connectivity index (χ1) is 8.37. The SMILES string of the molecule is COc1ccc(C23CC(CS(=O)(=O)Cl)(C2)C3)cc1. The monoisotopic (exact) mass is 286 g/mol. The molecule has 0 saturated heterocycles. The zero-order valence-corrected chi connectivity index (χ0v) is 11.7. The predicted octanol–water partition coefficient (Wildman–Crippen LogP) is 2.69. The van der Waals surface area contributed by atoms with Crippen molar-refractivity contribution in [2.24, 2.45) is 5.41 Å². The molecule has 2 bridgehead atoms. The van der Waals surface area contributed by atoms with Crippen molar-refractivity contribution in [2.75, 3.05) is 12.9 Å². The molecule has 0 radical (unpaired) electrons. The second kappa shape index (κ2) is 3.64. The summed E-state index contributed by atoms with van der Waals surface area (Å²) in [5.74, 6) is 0.975. The second-order valence-corrected chi connectivity index (χ2v) is 8.50. The Labute approximate surface area is 112 Å². The number of halogens is 1. The Morgan fingerprint density at radius 2 is 1.78 bits per heavy atom. The second-order valence-electron chi connectivity index (χ2n) is 5.72. The number of ether oxygens (including phenoxy) is 1. The van der Waals surface area contributed by atoms with Gasteiger partial charge in [-0.15, -0.1) is 0 Å². The molecule has 0 N–H and O–H groups in total. The van der Waals surface area contributed by atoms with Gasteiger partial charge < -0.3 is 4.74 Å². The van der Waals surface area contributed by atoms with Crippen LogP contribution in [0.25, 0.3) is 0 Å². The molecule has 18 heavy (non-hydrogen) atoms. The van der Waals surface area contributed by atoms with E-state index in [0.29, 0.717) is 0 Å². The minimum Gasteiger partial charge on any atom is -0.497 e. The number of benzene rings is 1. The first-order valence-electron chi connectivity index (χ1n) is 5.93. The highest BCUT2D eigenvalue weighted by Gasteiger charge is 2.68. The van der Waals surface area contributed by atoms with E-state index in [-0.39, 0.29) is 16.6 Å². The van der Waals surface area contributed by atoms with E-state index in [1.807, 2.05) is 12.1 Å². The summed E-state index contributed by atoms with van der Waals surface area (Å²) >= 11 is 0. The molecule has 0 atom stereocenters. The molecule has 5 heteroatoms. The third-order valence-corrected chi connectivity index (χ3v) is 5.61. The normalized spacial score (nSPS) is 33.4. The highest BCUT2D eigenvalue weighted by molar-refractivity contribution is 8.13. The van der Waals surface area contributed by atoms with Gasteiger partial charge in [-0.25, -0.2) is 8.42 Å². The van der Waals surface area contributed by atoms with Gasteiger partial charge in [-0.3, -0.25) is 0 Å². The summed E-state index contributed by atoms with van der Waals surface area (Å²) in [4.78, 5) is 0. The largest absolute Gasteiger partial charge is 0.497 e. The quantitative estimate of drug-likeness (QED) is 0.799. The van der Waals surface area contributed by atoms with E-state index in [9.17, 15) is 8.42 Å². The van der Waals surface area contributed by atoms with Gasteiger partial charge in [-0.05, 0) is 47.8 Å². The van der Waals surface area contributed by atoms with Crippen molar-refractivity contribution in [3.63, 3.8) is 0 Å². The van der Waals surface area contributed by atoms with Crippen LogP contribution in [0.3, 0.4) is 0 Å². The van der Waals surface area contributed by atoms with Crippen molar-refractivity contribution < 1.29 is 13.2 Å². The van der Waals surface area contributed by atoms with Gasteiger partial charge >= 0.3 is 0 Å². The first-order valence-corrected chi connectivity index (χ1v) is 8.41. The van der Waals surface area contributed by atoms with E-state index in [4.69, 9.17) is 15.4 Å². The van der Waals surface area contributed by atoms with Gasteiger partial charge in [0.25, 0.3) is 0 Å². The maximum absolute atomic E-state index is 11.1. The maximum Gasteiger partial charge on any atom is 0.233 e. The highest BCUT2D eigenvalue weighted by atomic mass is 35.7. The highest BCUT2D eigenvalue weighted by Crippen LogP contribution is 2.74. The van der Waals surface area contributed by atoms with Crippen LogP contribution in [-0.4, -0.2) is 21.3 Å². The zero-order valence-electron chi connectivity index (χ0n) is 10.1. The molecule has 0 aliphatic heterocycles. The molecule has 3 aliphatic rings. The summed E-state index contributed by atoms with van der Waals surface area (Å²) in [5.41, 5.74) is 1.45. The first kappa shape index (κ1) is 12.3. The molecule has 3 nitrogen and oxygen atoms in total. The predicted molar refractivity (Wildman–Crippen MR) is 70.6 cm³/mol. The van der Waals surface area contributed by atoms with E-state index in [2.05, 4.69) is 12.1 Å². The maximum atomic E-state index is 11.1. The van der Waals surface area contributed by atoms with Gasteiger partial charge in [0, 0.05) is 10.7 Å². The Kier molecular flexibility index (Phi) is 2.49. The van der Waals surface area contributed by atoms with Gasteiger partial charge in [0.15, 0.2) is 0 Å². The molecule has 0 heterocycles. The van der Waals surface area contributed by atoms with Crippen LogP contribution in [0.2, 0.25) is 0 Å². The number of rotatable bonds is 4. The lowest BCUT2D eigenvalue weighted by molar-refractivity contribution is -0.122. The van der Waals surface area contributed by atoms with Crippen molar-refractivity contribution in [3.05, 3.63) is 29.8 Å². The van der Waals surface area contributed by atoms with E-state index >= 15 is 0 Å². The molecule has 1 aromatic rings. The third-order valence-electron chi connectivity index (χ3n) is 4.32. The van der Waals surface area contributed by atoms with Crippen LogP contribution < -0.4 is 4.74 Å². The zero-order chi connectivity index (χ0) is 13.0. The smallest absolute Gasteiger partial charge is 0.233 e. The van der Waals surface area contributed by atoms with Crippen LogP contribution in [0.5, 0.6) is 5.75 Å².